The van der Waals surface area contributed by atoms with Gasteiger partial charge in [-0.15, -0.1) is 11.3 Å². The molecule has 1 amide bonds. The molecule has 1 saturated heterocycles. The molecule has 7 heteroatoms. The highest BCUT2D eigenvalue weighted by Gasteiger charge is 2.25. The number of hydrogen-bond acceptors (Lipinski definition) is 4. The van der Waals surface area contributed by atoms with Crippen molar-refractivity contribution in [2.24, 2.45) is 0 Å². The Morgan fingerprint density at radius 2 is 1.67 bits per heavy atom. The Kier molecular flexibility index (Phi) is 4.85. The molecule has 4 rings (SSSR count). The summed E-state index contributed by atoms with van der Waals surface area (Å²) in [6.45, 7) is 2.16. The molecule has 27 heavy (non-hydrogen) atoms. The van der Waals surface area contributed by atoms with Crippen LogP contribution in [0.25, 0.3) is 10.6 Å². The van der Waals surface area contributed by atoms with E-state index in [9.17, 15) is 13.6 Å². The van der Waals surface area contributed by atoms with Gasteiger partial charge in [0.1, 0.15) is 22.3 Å². The zero-order valence-corrected chi connectivity index (χ0v) is 15.3. The minimum Gasteiger partial charge on any atom is -0.366 e. The lowest BCUT2D eigenvalue weighted by molar-refractivity contribution is 0.0741. The topological polar surface area (TPSA) is 36.4 Å². The van der Waals surface area contributed by atoms with Gasteiger partial charge in [0.05, 0.1) is 5.69 Å². The van der Waals surface area contributed by atoms with Crippen LogP contribution in [-0.4, -0.2) is 42.0 Å². The first-order valence-corrected chi connectivity index (χ1v) is 9.50. The van der Waals surface area contributed by atoms with Crippen molar-refractivity contribution in [3.05, 3.63) is 71.2 Å². The maximum Gasteiger partial charge on any atom is 0.273 e. The molecule has 0 spiro atoms. The number of piperazine rings is 1. The van der Waals surface area contributed by atoms with Crippen molar-refractivity contribution in [1.29, 1.82) is 0 Å². The average molecular weight is 385 g/mol. The lowest BCUT2D eigenvalue weighted by atomic mass is 10.2. The van der Waals surface area contributed by atoms with Crippen LogP contribution < -0.4 is 4.90 Å². The predicted molar refractivity (Wildman–Crippen MR) is 102 cm³/mol. The van der Waals surface area contributed by atoms with Crippen LogP contribution in [-0.2, 0) is 0 Å². The number of benzene rings is 2. The van der Waals surface area contributed by atoms with Crippen molar-refractivity contribution in [2.75, 3.05) is 31.1 Å². The number of aromatic nitrogens is 1. The van der Waals surface area contributed by atoms with Crippen LogP contribution in [0.15, 0.2) is 53.9 Å². The first-order chi connectivity index (χ1) is 13.1. The molecule has 2 aromatic carbocycles. The summed E-state index contributed by atoms with van der Waals surface area (Å²) in [5.74, 6) is -0.687. The first kappa shape index (κ1) is 17.6. The molecule has 4 nitrogen and oxygen atoms in total. The summed E-state index contributed by atoms with van der Waals surface area (Å²) in [4.78, 5) is 20.8. The third kappa shape index (κ3) is 3.68. The number of thiazole rings is 1. The number of hydrogen-bond donors (Lipinski definition) is 0. The van der Waals surface area contributed by atoms with Crippen LogP contribution in [0, 0.1) is 11.6 Å². The van der Waals surface area contributed by atoms with Gasteiger partial charge in [0.25, 0.3) is 5.91 Å². The largest absolute Gasteiger partial charge is 0.366 e. The Morgan fingerprint density at radius 1 is 0.963 bits per heavy atom. The van der Waals surface area contributed by atoms with Crippen LogP contribution in [0.2, 0.25) is 0 Å². The first-order valence-electron chi connectivity index (χ1n) is 8.62. The number of rotatable bonds is 3. The fraction of sp³-hybridized carbons (Fsp3) is 0.200. The second-order valence-electron chi connectivity index (χ2n) is 6.28. The Balaban J connectivity index is 1.43. The van der Waals surface area contributed by atoms with Crippen molar-refractivity contribution < 1.29 is 13.6 Å². The maximum absolute atomic E-state index is 13.9. The van der Waals surface area contributed by atoms with Gasteiger partial charge < -0.3 is 9.80 Å². The highest BCUT2D eigenvalue weighted by atomic mass is 32.1. The number of anilines is 1. The van der Waals surface area contributed by atoms with Gasteiger partial charge in [-0.05, 0) is 36.4 Å². The molecule has 1 fully saturated rings. The highest BCUT2D eigenvalue weighted by Crippen LogP contribution is 2.25. The molecule has 1 aromatic heterocycles. The minimum absolute atomic E-state index is 0.132. The molecule has 0 unspecified atom stereocenters. The summed E-state index contributed by atoms with van der Waals surface area (Å²) in [7, 11) is 0. The van der Waals surface area contributed by atoms with E-state index in [4.69, 9.17) is 0 Å². The number of carbonyl (C=O) groups is 1. The summed E-state index contributed by atoms with van der Waals surface area (Å²) < 4.78 is 27.0. The van der Waals surface area contributed by atoms with Crippen LogP contribution in [0.1, 0.15) is 10.5 Å². The number of nitrogens with zero attached hydrogens (tertiary/aromatic N) is 3. The molecular formula is C20H17F2N3OS. The molecule has 0 N–H and O–H groups in total. The van der Waals surface area contributed by atoms with E-state index in [1.807, 2.05) is 11.0 Å². The molecule has 1 aliphatic heterocycles. The number of halogens is 2. The van der Waals surface area contributed by atoms with Crippen LogP contribution in [0.4, 0.5) is 14.5 Å². The standard InChI is InChI=1S/C20H17F2N3OS/c21-15-7-5-14(6-8-15)19-23-17(13-27-19)20(26)25-11-9-24(10-12-25)18-4-2-1-3-16(18)22/h1-8,13H,9-12H2. The predicted octanol–water partition coefficient (Wildman–Crippen LogP) is 4.05. The molecule has 0 atom stereocenters. The van der Waals surface area contributed by atoms with Gasteiger partial charge in [0, 0.05) is 37.1 Å². The van der Waals surface area contributed by atoms with E-state index < -0.39 is 0 Å². The van der Waals surface area contributed by atoms with E-state index in [2.05, 4.69) is 4.98 Å². The highest BCUT2D eigenvalue weighted by molar-refractivity contribution is 7.13. The van der Waals surface area contributed by atoms with Crippen molar-refractivity contribution >= 4 is 22.9 Å². The summed E-state index contributed by atoms with van der Waals surface area (Å²) >= 11 is 1.36. The zero-order valence-electron chi connectivity index (χ0n) is 14.4. The van der Waals surface area contributed by atoms with Gasteiger partial charge in [-0.3, -0.25) is 4.79 Å². The third-order valence-corrected chi connectivity index (χ3v) is 5.47. The summed E-state index contributed by atoms with van der Waals surface area (Å²) in [5, 5.41) is 2.41. The lowest BCUT2D eigenvalue weighted by Crippen LogP contribution is -2.49. The Bertz CT molecular complexity index is 950. The molecule has 0 bridgehead atoms. The van der Waals surface area contributed by atoms with E-state index in [0.717, 1.165) is 5.56 Å². The SMILES string of the molecule is O=C(c1csc(-c2ccc(F)cc2)n1)N1CCN(c2ccccc2F)CC1. The van der Waals surface area contributed by atoms with Crippen LogP contribution >= 0.6 is 11.3 Å². The molecule has 2 heterocycles. The Morgan fingerprint density at radius 3 is 2.37 bits per heavy atom. The van der Waals surface area contributed by atoms with Gasteiger partial charge in [0.15, 0.2) is 0 Å². The molecule has 0 aliphatic carbocycles. The van der Waals surface area contributed by atoms with Gasteiger partial charge in [-0.1, -0.05) is 12.1 Å². The summed E-state index contributed by atoms with van der Waals surface area (Å²) in [5.41, 5.74) is 1.74. The monoisotopic (exact) mass is 385 g/mol. The molecular weight excluding hydrogens is 368 g/mol. The second kappa shape index (κ2) is 7.44. The van der Waals surface area contributed by atoms with Gasteiger partial charge >= 0.3 is 0 Å². The Hall–Kier alpha value is -2.80. The quantitative estimate of drug-likeness (QED) is 0.683. The van der Waals surface area contributed by atoms with E-state index in [-0.39, 0.29) is 17.5 Å². The summed E-state index contributed by atoms with van der Waals surface area (Å²) in [6.07, 6.45) is 0. The molecule has 138 valence electrons. The van der Waals surface area contributed by atoms with E-state index in [1.165, 1.54) is 29.5 Å². The lowest BCUT2D eigenvalue weighted by Gasteiger charge is -2.35. The van der Waals surface area contributed by atoms with Gasteiger partial charge in [-0.25, -0.2) is 13.8 Å². The number of amides is 1. The van der Waals surface area contributed by atoms with Crippen molar-refractivity contribution in [1.82, 2.24) is 9.88 Å². The maximum atomic E-state index is 13.9. The summed E-state index contributed by atoms with van der Waals surface area (Å²) in [6, 6.07) is 12.7. The van der Waals surface area contributed by atoms with E-state index in [1.54, 1.807) is 34.5 Å². The Labute approximate surface area is 159 Å². The minimum atomic E-state index is -0.306. The fourth-order valence-electron chi connectivity index (χ4n) is 3.12. The molecule has 1 aliphatic rings. The van der Waals surface area contributed by atoms with Gasteiger partial charge in [-0.2, -0.15) is 0 Å². The van der Waals surface area contributed by atoms with Crippen LogP contribution in [0.3, 0.4) is 0 Å². The molecule has 0 saturated carbocycles. The molecule has 3 aromatic rings. The van der Waals surface area contributed by atoms with Gasteiger partial charge in [0.2, 0.25) is 0 Å². The number of para-hydroxylation sites is 1. The smallest absolute Gasteiger partial charge is 0.273 e. The van der Waals surface area contributed by atoms with Crippen molar-refractivity contribution in [3.63, 3.8) is 0 Å². The van der Waals surface area contributed by atoms with E-state index in [0.29, 0.717) is 42.6 Å². The molecule has 0 radical (unpaired) electrons. The van der Waals surface area contributed by atoms with Crippen molar-refractivity contribution in [3.8, 4) is 10.6 Å². The third-order valence-electron chi connectivity index (χ3n) is 4.57. The normalized spacial score (nSPS) is 14.4. The van der Waals surface area contributed by atoms with E-state index >= 15 is 0 Å². The fourth-order valence-corrected chi connectivity index (χ4v) is 3.92. The zero-order chi connectivity index (χ0) is 18.8. The second-order valence-corrected chi connectivity index (χ2v) is 7.13. The average Bonchev–Trinajstić information content (AvgIpc) is 3.19. The van der Waals surface area contributed by atoms with Crippen LogP contribution in [0.5, 0.6) is 0 Å². The number of carbonyl (C=O) groups excluding carboxylic acids is 1. The van der Waals surface area contributed by atoms with Crippen molar-refractivity contribution in [2.45, 2.75) is 0 Å².